The van der Waals surface area contributed by atoms with Crippen molar-refractivity contribution in [3.05, 3.63) is 0 Å². The quantitative estimate of drug-likeness (QED) is 0.752. The van der Waals surface area contributed by atoms with Crippen molar-refractivity contribution in [3.63, 3.8) is 0 Å². The van der Waals surface area contributed by atoms with Crippen molar-refractivity contribution in [2.75, 3.05) is 13.2 Å². The molecule has 96 valence electrons. The summed E-state index contributed by atoms with van der Waals surface area (Å²) in [6.07, 6.45) is 5.66. The molecule has 1 aliphatic carbocycles. The predicted molar refractivity (Wildman–Crippen MR) is 69.7 cm³/mol. The standard InChI is InChI=1S/C14H29NO/c1-5-12-7-8-13(15-6-2)14(9-12)16-10-11(3)4/h11-15H,5-10H2,1-4H3. The van der Waals surface area contributed by atoms with E-state index in [1.54, 1.807) is 0 Å². The summed E-state index contributed by atoms with van der Waals surface area (Å²) in [6.45, 7) is 10.9. The van der Waals surface area contributed by atoms with E-state index in [9.17, 15) is 0 Å². The van der Waals surface area contributed by atoms with E-state index in [0.29, 0.717) is 18.1 Å². The van der Waals surface area contributed by atoms with E-state index in [4.69, 9.17) is 4.74 Å². The van der Waals surface area contributed by atoms with E-state index in [1.165, 1.54) is 25.7 Å². The Bertz CT molecular complexity index is 182. The Hall–Kier alpha value is -0.0800. The van der Waals surface area contributed by atoms with E-state index in [2.05, 4.69) is 33.0 Å². The molecule has 0 amide bonds. The molecule has 0 radical (unpaired) electrons. The molecule has 0 spiro atoms. The monoisotopic (exact) mass is 227 g/mol. The second kappa shape index (κ2) is 7.29. The van der Waals surface area contributed by atoms with Crippen molar-refractivity contribution in [3.8, 4) is 0 Å². The zero-order valence-electron chi connectivity index (χ0n) is 11.5. The molecule has 1 aliphatic rings. The lowest BCUT2D eigenvalue weighted by molar-refractivity contribution is -0.0212. The van der Waals surface area contributed by atoms with Crippen LogP contribution in [0.25, 0.3) is 0 Å². The third-order valence-corrected chi connectivity index (χ3v) is 3.59. The summed E-state index contributed by atoms with van der Waals surface area (Å²) in [5.74, 6) is 1.52. The number of hydrogen-bond donors (Lipinski definition) is 1. The second-order valence-electron chi connectivity index (χ2n) is 5.52. The van der Waals surface area contributed by atoms with Gasteiger partial charge in [0.25, 0.3) is 0 Å². The van der Waals surface area contributed by atoms with Gasteiger partial charge in [-0.2, -0.15) is 0 Å². The molecule has 1 saturated carbocycles. The topological polar surface area (TPSA) is 21.3 Å². The summed E-state index contributed by atoms with van der Waals surface area (Å²) >= 11 is 0. The molecule has 0 bridgehead atoms. The third kappa shape index (κ3) is 4.42. The number of nitrogens with one attached hydrogen (secondary N) is 1. The normalized spacial score (nSPS) is 30.9. The summed E-state index contributed by atoms with van der Waals surface area (Å²) in [4.78, 5) is 0. The highest BCUT2D eigenvalue weighted by atomic mass is 16.5. The van der Waals surface area contributed by atoms with Crippen molar-refractivity contribution < 1.29 is 4.74 Å². The van der Waals surface area contributed by atoms with Gasteiger partial charge < -0.3 is 10.1 Å². The van der Waals surface area contributed by atoms with Crippen LogP contribution in [0.1, 0.15) is 53.4 Å². The molecule has 2 nitrogen and oxygen atoms in total. The molecule has 0 saturated heterocycles. The fourth-order valence-electron chi connectivity index (χ4n) is 2.58. The van der Waals surface area contributed by atoms with E-state index >= 15 is 0 Å². The van der Waals surface area contributed by atoms with Crippen molar-refractivity contribution >= 4 is 0 Å². The van der Waals surface area contributed by atoms with Crippen molar-refractivity contribution in [1.29, 1.82) is 0 Å². The van der Waals surface area contributed by atoms with Crippen LogP contribution in [0.5, 0.6) is 0 Å². The molecule has 3 unspecified atom stereocenters. The van der Waals surface area contributed by atoms with Crippen LogP contribution in [0.15, 0.2) is 0 Å². The van der Waals surface area contributed by atoms with E-state index < -0.39 is 0 Å². The molecule has 0 aliphatic heterocycles. The highest BCUT2D eigenvalue weighted by molar-refractivity contribution is 4.85. The Kier molecular flexibility index (Phi) is 6.37. The molecule has 0 aromatic rings. The molecule has 3 atom stereocenters. The van der Waals surface area contributed by atoms with E-state index in [1.807, 2.05) is 0 Å². The Morgan fingerprint density at radius 1 is 1.25 bits per heavy atom. The third-order valence-electron chi connectivity index (χ3n) is 3.59. The summed E-state index contributed by atoms with van der Waals surface area (Å²) < 4.78 is 6.08. The zero-order valence-corrected chi connectivity index (χ0v) is 11.5. The lowest BCUT2D eigenvalue weighted by Crippen LogP contribution is -2.45. The van der Waals surface area contributed by atoms with Gasteiger partial charge in [0.1, 0.15) is 0 Å². The van der Waals surface area contributed by atoms with Crippen LogP contribution in [0.4, 0.5) is 0 Å². The predicted octanol–water partition coefficient (Wildman–Crippen LogP) is 3.22. The van der Waals surface area contributed by atoms with E-state index in [0.717, 1.165) is 19.1 Å². The highest BCUT2D eigenvalue weighted by Gasteiger charge is 2.29. The molecule has 0 aromatic carbocycles. The minimum atomic E-state index is 0.445. The van der Waals surface area contributed by atoms with Crippen LogP contribution in [0, 0.1) is 11.8 Å². The molecule has 2 heteroatoms. The van der Waals surface area contributed by atoms with Crippen molar-refractivity contribution in [1.82, 2.24) is 5.32 Å². The lowest BCUT2D eigenvalue weighted by Gasteiger charge is -2.36. The first kappa shape index (κ1) is 14.0. The first-order chi connectivity index (χ1) is 7.67. The van der Waals surface area contributed by atoms with Crippen LogP contribution in [0.2, 0.25) is 0 Å². The van der Waals surface area contributed by atoms with Crippen LogP contribution in [0.3, 0.4) is 0 Å². The van der Waals surface area contributed by atoms with Gasteiger partial charge in [-0.25, -0.2) is 0 Å². The molecule has 1 fully saturated rings. The molecule has 0 aromatic heterocycles. The summed E-state index contributed by atoms with van der Waals surface area (Å²) in [5.41, 5.74) is 0. The van der Waals surface area contributed by atoms with Gasteiger partial charge in [-0.15, -0.1) is 0 Å². The minimum absolute atomic E-state index is 0.445. The van der Waals surface area contributed by atoms with Crippen LogP contribution < -0.4 is 5.32 Å². The maximum atomic E-state index is 6.08. The maximum Gasteiger partial charge on any atom is 0.0730 e. The lowest BCUT2D eigenvalue weighted by atomic mass is 9.82. The molecular weight excluding hydrogens is 198 g/mol. The summed E-state index contributed by atoms with van der Waals surface area (Å²) in [6, 6.07) is 0.589. The zero-order chi connectivity index (χ0) is 12.0. The van der Waals surface area contributed by atoms with Gasteiger partial charge >= 0.3 is 0 Å². The average Bonchev–Trinajstić information content (AvgIpc) is 2.28. The molecule has 1 rings (SSSR count). The summed E-state index contributed by atoms with van der Waals surface area (Å²) in [7, 11) is 0. The van der Waals surface area contributed by atoms with Crippen LogP contribution >= 0.6 is 0 Å². The Balaban J connectivity index is 2.43. The van der Waals surface area contributed by atoms with Gasteiger partial charge in [-0.05, 0) is 37.6 Å². The van der Waals surface area contributed by atoms with Gasteiger partial charge in [0.05, 0.1) is 6.10 Å². The molecule has 0 heterocycles. The van der Waals surface area contributed by atoms with Gasteiger partial charge in [0, 0.05) is 12.6 Å². The fourth-order valence-corrected chi connectivity index (χ4v) is 2.58. The molecule has 16 heavy (non-hydrogen) atoms. The van der Waals surface area contributed by atoms with Crippen molar-refractivity contribution in [2.45, 2.75) is 65.5 Å². The minimum Gasteiger partial charge on any atom is -0.376 e. The molecule has 1 N–H and O–H groups in total. The Morgan fingerprint density at radius 2 is 2.00 bits per heavy atom. The second-order valence-corrected chi connectivity index (χ2v) is 5.52. The van der Waals surface area contributed by atoms with Gasteiger partial charge in [0.15, 0.2) is 0 Å². The van der Waals surface area contributed by atoms with Gasteiger partial charge in [-0.3, -0.25) is 0 Å². The number of ether oxygens (including phenoxy) is 1. The number of likely N-dealkylation sites (N-methyl/N-ethyl adjacent to an activating group) is 1. The first-order valence-electron chi connectivity index (χ1n) is 7.02. The SMILES string of the molecule is CCNC1CCC(CC)CC1OCC(C)C. The van der Waals surface area contributed by atoms with Crippen molar-refractivity contribution in [2.24, 2.45) is 11.8 Å². The van der Waals surface area contributed by atoms with Crippen LogP contribution in [-0.4, -0.2) is 25.3 Å². The number of rotatable bonds is 6. The fraction of sp³-hybridized carbons (Fsp3) is 1.00. The van der Waals surface area contributed by atoms with Crippen LogP contribution in [-0.2, 0) is 4.74 Å². The highest BCUT2D eigenvalue weighted by Crippen LogP contribution is 2.29. The Labute approximate surface area is 101 Å². The Morgan fingerprint density at radius 3 is 2.56 bits per heavy atom. The largest absolute Gasteiger partial charge is 0.376 e. The van der Waals surface area contributed by atoms with Gasteiger partial charge in [-0.1, -0.05) is 34.1 Å². The maximum absolute atomic E-state index is 6.08. The van der Waals surface area contributed by atoms with E-state index in [-0.39, 0.29) is 0 Å². The summed E-state index contributed by atoms with van der Waals surface area (Å²) in [5, 5.41) is 3.58. The van der Waals surface area contributed by atoms with Gasteiger partial charge in [0.2, 0.25) is 0 Å². The molecular formula is C14H29NO. The average molecular weight is 227 g/mol. The number of hydrogen-bond acceptors (Lipinski definition) is 2. The smallest absolute Gasteiger partial charge is 0.0730 e. The first-order valence-corrected chi connectivity index (χ1v) is 7.02.